The van der Waals surface area contributed by atoms with Crippen LogP contribution in [0.4, 0.5) is 0 Å². The molecule has 1 aromatic rings. The van der Waals surface area contributed by atoms with Gasteiger partial charge in [-0.15, -0.1) is 0 Å². The van der Waals surface area contributed by atoms with Gasteiger partial charge >= 0.3 is 0 Å². The molecule has 1 amide bonds. The van der Waals surface area contributed by atoms with Gasteiger partial charge < -0.3 is 19.7 Å². The molecule has 0 atom stereocenters. The quantitative estimate of drug-likeness (QED) is 0.632. The number of carbonyl (C=O) groups excluding carboxylic acids is 1. The summed E-state index contributed by atoms with van der Waals surface area (Å²) >= 11 is 3.48. The average Bonchev–Trinajstić information content (AvgIpc) is 2.71. The van der Waals surface area contributed by atoms with Crippen molar-refractivity contribution in [2.45, 2.75) is 26.4 Å². The van der Waals surface area contributed by atoms with E-state index in [1.54, 1.807) is 19.0 Å². The van der Waals surface area contributed by atoms with Crippen molar-refractivity contribution in [1.82, 2.24) is 19.7 Å². The van der Waals surface area contributed by atoms with Crippen LogP contribution in [0.15, 0.2) is 21.7 Å². The Kier molecular flexibility index (Phi) is 6.93. The highest BCUT2D eigenvalue weighted by molar-refractivity contribution is 9.10. The maximum Gasteiger partial charge on any atom is 0.243 e. The number of likely N-dealkylation sites (N-methyl/N-ethyl adjacent to an activating group) is 1. The van der Waals surface area contributed by atoms with Crippen molar-refractivity contribution < 1.29 is 4.79 Å². The lowest BCUT2D eigenvalue weighted by Crippen LogP contribution is -2.43. The van der Waals surface area contributed by atoms with E-state index in [-0.39, 0.29) is 18.5 Å². The largest absolute Gasteiger partial charge is 0.354 e. The van der Waals surface area contributed by atoms with Gasteiger partial charge in [-0.1, -0.05) is 0 Å². The minimum absolute atomic E-state index is 0.0157. The summed E-state index contributed by atoms with van der Waals surface area (Å²) < 4.78 is 3.12. The number of halogens is 1. The molecule has 0 radical (unpaired) electrons. The zero-order chi connectivity index (χ0) is 16.9. The highest BCUT2D eigenvalue weighted by Gasteiger charge is 2.12. The van der Waals surface area contributed by atoms with E-state index in [0.717, 1.165) is 16.1 Å². The number of carbonyl (C=O) groups is 1. The average molecular weight is 372 g/mol. The topological polar surface area (TPSA) is 52.9 Å². The third kappa shape index (κ3) is 5.71. The van der Waals surface area contributed by atoms with E-state index in [1.165, 1.54) is 0 Å². The van der Waals surface area contributed by atoms with Crippen LogP contribution < -0.4 is 5.32 Å². The molecule has 0 bridgehead atoms. The first-order valence-electron chi connectivity index (χ1n) is 7.23. The van der Waals surface area contributed by atoms with Gasteiger partial charge in [-0.05, 0) is 35.8 Å². The second-order valence-electron chi connectivity index (χ2n) is 5.84. The monoisotopic (exact) mass is 371 g/mol. The number of aryl methyl sites for hydroxylation is 1. The van der Waals surface area contributed by atoms with Crippen molar-refractivity contribution in [3.8, 4) is 0 Å². The van der Waals surface area contributed by atoms with Gasteiger partial charge in [-0.25, -0.2) is 4.99 Å². The van der Waals surface area contributed by atoms with Crippen LogP contribution in [0, 0.1) is 0 Å². The number of aliphatic imine (C=N–C) groups is 1. The van der Waals surface area contributed by atoms with Gasteiger partial charge in [-0.2, -0.15) is 0 Å². The second kappa shape index (κ2) is 8.22. The Hall–Kier alpha value is -1.50. The lowest BCUT2D eigenvalue weighted by Gasteiger charge is -2.24. The molecule has 7 heteroatoms. The second-order valence-corrected chi connectivity index (χ2v) is 6.76. The van der Waals surface area contributed by atoms with Gasteiger partial charge in [-0.3, -0.25) is 4.79 Å². The molecule has 0 unspecified atom stereocenters. The van der Waals surface area contributed by atoms with Gasteiger partial charge in [0.1, 0.15) is 6.54 Å². The highest BCUT2D eigenvalue weighted by atomic mass is 79.9. The van der Waals surface area contributed by atoms with E-state index in [0.29, 0.717) is 6.54 Å². The van der Waals surface area contributed by atoms with Crippen molar-refractivity contribution >= 4 is 27.8 Å². The van der Waals surface area contributed by atoms with Crippen LogP contribution in [-0.4, -0.2) is 60.0 Å². The summed E-state index contributed by atoms with van der Waals surface area (Å²) in [5.74, 6) is 0.709. The zero-order valence-corrected chi connectivity index (χ0v) is 15.8. The van der Waals surface area contributed by atoms with E-state index in [9.17, 15) is 4.79 Å². The molecule has 0 aliphatic rings. The summed E-state index contributed by atoms with van der Waals surface area (Å²) in [4.78, 5) is 19.7. The van der Waals surface area contributed by atoms with Crippen LogP contribution in [0.2, 0.25) is 0 Å². The number of nitrogens with one attached hydrogen (secondary N) is 1. The molecule has 0 aromatic carbocycles. The molecule has 0 spiro atoms. The SMILES string of the molecule is CC(C)NC(=NCC(=O)N(C)C)N(C)Cc1cc(Br)cn1C. The molecule has 1 aromatic heterocycles. The minimum Gasteiger partial charge on any atom is -0.354 e. The number of amides is 1. The van der Waals surface area contributed by atoms with Crippen molar-refractivity contribution in [2.24, 2.45) is 12.0 Å². The van der Waals surface area contributed by atoms with Gasteiger partial charge in [0, 0.05) is 50.6 Å². The van der Waals surface area contributed by atoms with Crippen LogP contribution in [-0.2, 0) is 18.4 Å². The van der Waals surface area contributed by atoms with Crippen LogP contribution in [0.1, 0.15) is 19.5 Å². The molecule has 22 heavy (non-hydrogen) atoms. The summed E-state index contributed by atoms with van der Waals surface area (Å²) in [7, 11) is 7.45. The summed E-state index contributed by atoms with van der Waals surface area (Å²) in [6, 6.07) is 2.32. The summed E-state index contributed by atoms with van der Waals surface area (Å²) in [6.45, 7) is 4.95. The minimum atomic E-state index is -0.0157. The fourth-order valence-electron chi connectivity index (χ4n) is 1.86. The van der Waals surface area contributed by atoms with Crippen molar-refractivity contribution in [3.05, 3.63) is 22.4 Å². The Labute approximate surface area is 141 Å². The lowest BCUT2D eigenvalue weighted by atomic mass is 10.4. The number of hydrogen-bond donors (Lipinski definition) is 1. The molecular weight excluding hydrogens is 346 g/mol. The number of nitrogens with zero attached hydrogens (tertiary/aromatic N) is 4. The number of guanidine groups is 1. The first-order valence-corrected chi connectivity index (χ1v) is 8.03. The molecule has 0 saturated heterocycles. The Morgan fingerprint density at radius 2 is 2.05 bits per heavy atom. The molecule has 1 rings (SSSR count). The number of aromatic nitrogens is 1. The standard InChI is InChI=1S/C15H26BrN5O/c1-11(2)18-15(17-8-14(22)19(3)4)21(6)10-13-7-12(16)9-20(13)5/h7,9,11H,8,10H2,1-6H3,(H,17,18). The van der Waals surface area contributed by atoms with Gasteiger partial charge in [0.05, 0.1) is 6.54 Å². The van der Waals surface area contributed by atoms with E-state index < -0.39 is 0 Å². The Bertz CT molecular complexity index is 536. The Morgan fingerprint density at radius 3 is 2.50 bits per heavy atom. The Morgan fingerprint density at radius 1 is 1.41 bits per heavy atom. The van der Waals surface area contributed by atoms with Crippen LogP contribution in [0.25, 0.3) is 0 Å². The van der Waals surface area contributed by atoms with Gasteiger partial charge in [0.2, 0.25) is 5.91 Å². The van der Waals surface area contributed by atoms with Crippen molar-refractivity contribution in [1.29, 1.82) is 0 Å². The molecule has 0 saturated carbocycles. The van der Waals surface area contributed by atoms with Gasteiger partial charge in [0.15, 0.2) is 5.96 Å². The fraction of sp³-hybridized carbons (Fsp3) is 0.600. The summed E-state index contributed by atoms with van der Waals surface area (Å²) in [5, 5.41) is 3.30. The maximum absolute atomic E-state index is 11.7. The van der Waals surface area contributed by atoms with Gasteiger partial charge in [0.25, 0.3) is 0 Å². The predicted molar refractivity (Wildman–Crippen MR) is 93.8 cm³/mol. The van der Waals surface area contributed by atoms with Crippen LogP contribution >= 0.6 is 15.9 Å². The number of rotatable bonds is 5. The van der Waals surface area contributed by atoms with Crippen molar-refractivity contribution in [3.63, 3.8) is 0 Å². The molecule has 1 heterocycles. The third-order valence-electron chi connectivity index (χ3n) is 3.12. The predicted octanol–water partition coefficient (Wildman–Crippen LogP) is 1.66. The summed E-state index contributed by atoms with van der Waals surface area (Å²) in [6.07, 6.45) is 2.02. The van der Waals surface area contributed by atoms with Crippen LogP contribution in [0.3, 0.4) is 0 Å². The van der Waals surface area contributed by atoms with Crippen LogP contribution in [0.5, 0.6) is 0 Å². The summed E-state index contributed by atoms with van der Waals surface area (Å²) in [5.41, 5.74) is 1.16. The smallest absolute Gasteiger partial charge is 0.243 e. The molecule has 0 aliphatic carbocycles. The molecular formula is C15H26BrN5O. The molecule has 0 aliphatic heterocycles. The molecule has 6 nitrogen and oxygen atoms in total. The molecule has 1 N–H and O–H groups in total. The highest BCUT2D eigenvalue weighted by Crippen LogP contribution is 2.15. The normalized spacial score (nSPS) is 11.7. The van der Waals surface area contributed by atoms with E-state index in [1.807, 2.05) is 25.2 Å². The third-order valence-corrected chi connectivity index (χ3v) is 3.55. The van der Waals surface area contributed by atoms with Crippen molar-refractivity contribution in [2.75, 3.05) is 27.7 Å². The molecule has 0 fully saturated rings. The first kappa shape index (κ1) is 18.5. The van der Waals surface area contributed by atoms with E-state index in [2.05, 4.69) is 50.7 Å². The fourth-order valence-corrected chi connectivity index (χ4v) is 2.43. The number of hydrogen-bond acceptors (Lipinski definition) is 2. The Balaban J connectivity index is 2.83. The van der Waals surface area contributed by atoms with E-state index >= 15 is 0 Å². The zero-order valence-electron chi connectivity index (χ0n) is 14.2. The first-order chi connectivity index (χ1) is 10.2. The van der Waals surface area contributed by atoms with E-state index in [4.69, 9.17) is 0 Å². The molecule has 124 valence electrons. The maximum atomic E-state index is 11.7. The lowest BCUT2D eigenvalue weighted by molar-refractivity contribution is -0.127.